The summed E-state index contributed by atoms with van der Waals surface area (Å²) in [6.45, 7) is 9.40. The van der Waals surface area contributed by atoms with Crippen molar-refractivity contribution in [1.82, 2.24) is 0 Å². The molecule has 9 nitrogen and oxygen atoms in total. The fourth-order valence-corrected chi connectivity index (χ4v) is 3.62. The second-order valence-electron chi connectivity index (χ2n) is 7.76. The molecule has 2 aromatic carbocycles. The molecule has 0 saturated heterocycles. The van der Waals surface area contributed by atoms with Gasteiger partial charge in [-0.05, 0) is 44.0 Å². The van der Waals surface area contributed by atoms with E-state index in [-0.39, 0.29) is 17.4 Å². The number of ether oxygens (including phenoxy) is 2. The summed E-state index contributed by atoms with van der Waals surface area (Å²) in [5.41, 5.74) is 1.17. The highest BCUT2D eigenvalue weighted by Gasteiger charge is 2.25. The molecule has 1 atom stereocenters. The van der Waals surface area contributed by atoms with Crippen LogP contribution in [0.3, 0.4) is 0 Å². The Morgan fingerprint density at radius 2 is 1.76 bits per heavy atom. The first-order valence-corrected chi connectivity index (χ1v) is 10.7. The second-order valence-corrected chi connectivity index (χ2v) is 7.76. The van der Waals surface area contributed by atoms with Gasteiger partial charge in [-0.3, -0.25) is 10.1 Å². The molecule has 0 aliphatic rings. The molecule has 1 unspecified atom stereocenters. The highest BCUT2D eigenvalue weighted by Crippen LogP contribution is 2.33. The lowest BCUT2D eigenvalue weighted by Crippen LogP contribution is -2.22. The number of nitro groups is 1. The van der Waals surface area contributed by atoms with Crippen LogP contribution >= 0.6 is 0 Å². The second kappa shape index (κ2) is 10.2. The van der Waals surface area contributed by atoms with Gasteiger partial charge in [0.05, 0.1) is 4.92 Å². The standard InChI is InChI=1S/C24H26N2O7/c1-5-25(6-2)17-9-12-19-20(14-22(27)32-21(19)13-17)23(15(3)4)33-24(28)31-18-10-7-16(8-11-18)26(29)30/h7-15,23H,5-6H2,1-4H3. The van der Waals surface area contributed by atoms with Crippen molar-refractivity contribution >= 4 is 28.5 Å². The maximum absolute atomic E-state index is 12.5. The molecule has 0 aliphatic carbocycles. The quantitative estimate of drug-likeness (QED) is 0.145. The van der Waals surface area contributed by atoms with E-state index in [0.717, 1.165) is 18.8 Å². The Kier molecular flexibility index (Phi) is 7.32. The first kappa shape index (κ1) is 23.8. The van der Waals surface area contributed by atoms with Crippen LogP contribution < -0.4 is 15.3 Å². The zero-order chi connectivity index (χ0) is 24.1. The number of nitro benzene ring substituents is 1. The van der Waals surface area contributed by atoms with Gasteiger partial charge in [0, 0.05) is 54.0 Å². The number of hydrogen-bond donors (Lipinski definition) is 0. The number of fused-ring (bicyclic) bond motifs is 1. The van der Waals surface area contributed by atoms with Crippen LogP contribution in [0.25, 0.3) is 11.0 Å². The molecular weight excluding hydrogens is 428 g/mol. The lowest BCUT2D eigenvalue weighted by molar-refractivity contribution is -0.384. The fraction of sp³-hybridized carbons (Fsp3) is 0.333. The Hall–Kier alpha value is -3.88. The average molecular weight is 454 g/mol. The van der Waals surface area contributed by atoms with Gasteiger partial charge in [0.2, 0.25) is 0 Å². The van der Waals surface area contributed by atoms with Crippen LogP contribution in [0.2, 0.25) is 0 Å². The maximum Gasteiger partial charge on any atom is 0.514 e. The van der Waals surface area contributed by atoms with Gasteiger partial charge in [0.25, 0.3) is 5.69 Å². The van der Waals surface area contributed by atoms with Gasteiger partial charge in [-0.15, -0.1) is 0 Å². The largest absolute Gasteiger partial charge is 0.514 e. The first-order valence-electron chi connectivity index (χ1n) is 10.7. The Morgan fingerprint density at radius 1 is 1.09 bits per heavy atom. The number of anilines is 1. The third-order valence-corrected chi connectivity index (χ3v) is 5.27. The topological polar surface area (TPSA) is 112 Å². The average Bonchev–Trinajstić information content (AvgIpc) is 2.77. The maximum atomic E-state index is 12.5. The molecular formula is C24H26N2O7. The van der Waals surface area contributed by atoms with Crippen molar-refractivity contribution < 1.29 is 23.6 Å². The predicted octanol–water partition coefficient (Wildman–Crippen LogP) is 5.46. The Balaban J connectivity index is 1.90. The summed E-state index contributed by atoms with van der Waals surface area (Å²) in [7, 11) is 0. The van der Waals surface area contributed by atoms with Crippen molar-refractivity contribution in [3.05, 3.63) is 74.6 Å². The molecule has 174 valence electrons. The molecule has 0 amide bonds. The van der Waals surface area contributed by atoms with Crippen LogP contribution in [0.5, 0.6) is 5.75 Å². The van der Waals surface area contributed by atoms with Gasteiger partial charge in [-0.1, -0.05) is 13.8 Å². The molecule has 3 rings (SSSR count). The number of carbonyl (C=O) groups excluding carboxylic acids is 1. The van der Waals surface area contributed by atoms with E-state index in [1.165, 1.54) is 30.3 Å². The highest BCUT2D eigenvalue weighted by atomic mass is 16.7. The summed E-state index contributed by atoms with van der Waals surface area (Å²) in [5.74, 6) is -0.0729. The van der Waals surface area contributed by atoms with Gasteiger partial charge in [0.15, 0.2) is 0 Å². The summed E-state index contributed by atoms with van der Waals surface area (Å²) >= 11 is 0. The van der Waals surface area contributed by atoms with Gasteiger partial charge < -0.3 is 18.8 Å². The van der Waals surface area contributed by atoms with Gasteiger partial charge >= 0.3 is 11.8 Å². The molecule has 1 heterocycles. The van der Waals surface area contributed by atoms with Crippen molar-refractivity contribution in [1.29, 1.82) is 0 Å². The summed E-state index contributed by atoms with van der Waals surface area (Å²) in [5, 5.41) is 11.4. The van der Waals surface area contributed by atoms with E-state index >= 15 is 0 Å². The van der Waals surface area contributed by atoms with Crippen molar-refractivity contribution in [2.75, 3.05) is 18.0 Å². The van der Waals surface area contributed by atoms with Crippen molar-refractivity contribution in [3.63, 3.8) is 0 Å². The zero-order valence-corrected chi connectivity index (χ0v) is 18.9. The number of rotatable bonds is 8. The van der Waals surface area contributed by atoms with Crippen LogP contribution in [-0.4, -0.2) is 24.2 Å². The van der Waals surface area contributed by atoms with Crippen LogP contribution in [0.4, 0.5) is 16.2 Å². The van der Waals surface area contributed by atoms with Crippen molar-refractivity contribution in [3.8, 4) is 5.75 Å². The zero-order valence-electron chi connectivity index (χ0n) is 18.9. The molecule has 3 aromatic rings. The minimum atomic E-state index is -0.983. The minimum Gasteiger partial charge on any atom is -0.425 e. The number of nitrogens with zero attached hydrogens (tertiary/aromatic N) is 2. The van der Waals surface area contributed by atoms with E-state index in [4.69, 9.17) is 13.9 Å². The highest BCUT2D eigenvalue weighted by molar-refractivity contribution is 5.84. The Labute approximate surface area is 190 Å². The third kappa shape index (κ3) is 5.49. The Morgan fingerprint density at radius 3 is 2.33 bits per heavy atom. The Bertz CT molecular complexity index is 1200. The molecule has 0 bridgehead atoms. The first-order chi connectivity index (χ1) is 15.7. The van der Waals surface area contributed by atoms with Crippen LogP contribution in [-0.2, 0) is 4.74 Å². The third-order valence-electron chi connectivity index (χ3n) is 5.27. The number of carbonyl (C=O) groups is 1. The van der Waals surface area contributed by atoms with Crippen molar-refractivity contribution in [2.24, 2.45) is 5.92 Å². The lowest BCUT2D eigenvalue weighted by Gasteiger charge is -2.24. The molecule has 9 heteroatoms. The summed E-state index contributed by atoms with van der Waals surface area (Å²) in [6, 6.07) is 12.0. The van der Waals surface area contributed by atoms with E-state index in [2.05, 4.69) is 4.90 Å². The monoisotopic (exact) mass is 454 g/mol. The SMILES string of the molecule is CCN(CC)c1ccc2c(C(OC(=O)Oc3ccc([N+](=O)[O-])cc3)C(C)C)cc(=O)oc2c1. The number of non-ortho nitro benzene ring substituents is 1. The van der Waals surface area contributed by atoms with Gasteiger partial charge in [0.1, 0.15) is 17.4 Å². The molecule has 0 aliphatic heterocycles. The van der Waals surface area contributed by atoms with E-state index in [1.807, 2.05) is 39.8 Å². The molecule has 0 N–H and O–H groups in total. The van der Waals surface area contributed by atoms with Crippen LogP contribution in [0.1, 0.15) is 39.4 Å². The molecule has 0 saturated carbocycles. The van der Waals surface area contributed by atoms with Crippen molar-refractivity contribution in [2.45, 2.75) is 33.8 Å². The summed E-state index contributed by atoms with van der Waals surface area (Å²) in [4.78, 5) is 37.1. The fourth-order valence-electron chi connectivity index (χ4n) is 3.62. The minimum absolute atomic E-state index is 0.106. The number of benzene rings is 2. The van der Waals surface area contributed by atoms with E-state index in [1.54, 1.807) is 6.07 Å². The summed E-state index contributed by atoms with van der Waals surface area (Å²) < 4.78 is 16.2. The molecule has 1 aromatic heterocycles. The molecule has 33 heavy (non-hydrogen) atoms. The number of hydrogen-bond acceptors (Lipinski definition) is 8. The molecule has 0 fully saturated rings. The smallest absolute Gasteiger partial charge is 0.425 e. The molecule has 0 radical (unpaired) electrons. The van der Waals surface area contributed by atoms with E-state index in [0.29, 0.717) is 16.5 Å². The normalized spacial score (nSPS) is 11.9. The predicted molar refractivity (Wildman–Crippen MR) is 124 cm³/mol. The van der Waals surface area contributed by atoms with Crippen LogP contribution in [0, 0.1) is 16.0 Å². The van der Waals surface area contributed by atoms with Gasteiger partial charge in [-0.2, -0.15) is 0 Å². The van der Waals surface area contributed by atoms with E-state index < -0.39 is 22.8 Å². The molecule has 0 spiro atoms. The van der Waals surface area contributed by atoms with Crippen LogP contribution in [0.15, 0.2) is 57.7 Å². The van der Waals surface area contributed by atoms with E-state index in [9.17, 15) is 19.7 Å². The lowest BCUT2D eigenvalue weighted by atomic mass is 9.96. The summed E-state index contributed by atoms with van der Waals surface area (Å²) in [6.07, 6.45) is -1.76. The van der Waals surface area contributed by atoms with Gasteiger partial charge in [-0.25, -0.2) is 9.59 Å².